The summed E-state index contributed by atoms with van der Waals surface area (Å²) >= 11 is 0. The Hall–Kier alpha value is -0.960. The molecule has 0 bridgehead atoms. The molecule has 0 saturated heterocycles. The number of aliphatic hydroxyl groups is 1. The SMILES string of the molecule is Cc1nc(C2CCCCCCC2)ncc1C(C)O. The molecule has 3 heteroatoms. The summed E-state index contributed by atoms with van der Waals surface area (Å²) in [6.07, 6.45) is 10.4. The van der Waals surface area contributed by atoms with Gasteiger partial charge in [0.2, 0.25) is 0 Å². The number of hydrogen-bond donors (Lipinski definition) is 1. The fourth-order valence-corrected chi connectivity index (χ4v) is 2.82. The second-order valence-electron chi connectivity index (χ2n) is 5.49. The van der Waals surface area contributed by atoms with Crippen LogP contribution < -0.4 is 0 Å². The van der Waals surface area contributed by atoms with E-state index in [1.807, 2.05) is 6.92 Å². The van der Waals surface area contributed by atoms with Gasteiger partial charge in [-0.2, -0.15) is 0 Å². The van der Waals surface area contributed by atoms with E-state index in [0.29, 0.717) is 5.92 Å². The van der Waals surface area contributed by atoms with Crippen molar-refractivity contribution in [3.05, 3.63) is 23.3 Å². The Morgan fingerprint density at radius 3 is 2.33 bits per heavy atom. The van der Waals surface area contributed by atoms with Crippen LogP contribution in [0.1, 0.15) is 81.0 Å². The Bertz CT molecular complexity index is 382. The molecule has 1 aromatic heterocycles. The predicted molar refractivity (Wildman–Crippen MR) is 72.5 cm³/mol. The predicted octanol–water partition coefficient (Wildman–Crippen LogP) is 3.67. The van der Waals surface area contributed by atoms with Gasteiger partial charge < -0.3 is 5.11 Å². The summed E-state index contributed by atoms with van der Waals surface area (Å²) in [4.78, 5) is 9.10. The number of nitrogens with zero attached hydrogens (tertiary/aromatic N) is 2. The van der Waals surface area contributed by atoms with Crippen LogP contribution in [0.4, 0.5) is 0 Å². The van der Waals surface area contributed by atoms with Crippen LogP contribution in [0.5, 0.6) is 0 Å². The molecule has 0 radical (unpaired) electrons. The number of hydrogen-bond acceptors (Lipinski definition) is 3. The highest BCUT2D eigenvalue weighted by atomic mass is 16.3. The van der Waals surface area contributed by atoms with Crippen molar-refractivity contribution < 1.29 is 5.11 Å². The van der Waals surface area contributed by atoms with Crippen molar-refractivity contribution in [1.29, 1.82) is 0 Å². The maximum atomic E-state index is 9.61. The van der Waals surface area contributed by atoms with Gasteiger partial charge in [-0.1, -0.05) is 32.1 Å². The molecular weight excluding hydrogens is 224 g/mol. The van der Waals surface area contributed by atoms with Gasteiger partial charge in [0, 0.05) is 23.4 Å². The molecule has 1 atom stereocenters. The van der Waals surface area contributed by atoms with Crippen LogP contribution in [-0.4, -0.2) is 15.1 Å². The topological polar surface area (TPSA) is 46.0 Å². The highest BCUT2D eigenvalue weighted by Gasteiger charge is 2.17. The van der Waals surface area contributed by atoms with Crippen LogP contribution in [-0.2, 0) is 0 Å². The van der Waals surface area contributed by atoms with E-state index >= 15 is 0 Å². The lowest BCUT2D eigenvalue weighted by Gasteiger charge is -2.19. The number of rotatable bonds is 2. The van der Waals surface area contributed by atoms with E-state index < -0.39 is 6.10 Å². The third-order valence-electron chi connectivity index (χ3n) is 3.96. The number of aliphatic hydroxyl groups excluding tert-OH is 1. The second-order valence-corrected chi connectivity index (χ2v) is 5.49. The van der Waals surface area contributed by atoms with Gasteiger partial charge in [-0.05, 0) is 26.7 Å². The molecule has 3 nitrogen and oxygen atoms in total. The standard InChI is InChI=1S/C15H24N2O/c1-11-14(12(2)18)10-16-15(17-11)13-8-6-4-3-5-7-9-13/h10,12-13,18H,3-9H2,1-2H3. The molecule has 1 fully saturated rings. The zero-order valence-electron chi connectivity index (χ0n) is 11.5. The zero-order valence-corrected chi connectivity index (χ0v) is 11.5. The van der Waals surface area contributed by atoms with Gasteiger partial charge in [-0.15, -0.1) is 0 Å². The van der Waals surface area contributed by atoms with Gasteiger partial charge in [0.25, 0.3) is 0 Å². The van der Waals surface area contributed by atoms with Gasteiger partial charge in [0.05, 0.1) is 6.10 Å². The third-order valence-corrected chi connectivity index (χ3v) is 3.96. The lowest BCUT2D eigenvalue weighted by Crippen LogP contribution is -2.10. The van der Waals surface area contributed by atoms with Crippen molar-refractivity contribution >= 4 is 0 Å². The van der Waals surface area contributed by atoms with E-state index in [0.717, 1.165) is 17.1 Å². The highest BCUT2D eigenvalue weighted by molar-refractivity contribution is 5.19. The molecule has 1 N–H and O–H groups in total. The molecule has 1 saturated carbocycles. The third kappa shape index (κ3) is 3.29. The molecule has 1 aliphatic rings. The van der Waals surface area contributed by atoms with Gasteiger partial charge >= 0.3 is 0 Å². The molecule has 0 aromatic carbocycles. The summed E-state index contributed by atoms with van der Waals surface area (Å²) in [5.74, 6) is 1.51. The molecule has 18 heavy (non-hydrogen) atoms. The molecule has 0 spiro atoms. The Morgan fingerprint density at radius 1 is 1.17 bits per heavy atom. The zero-order chi connectivity index (χ0) is 13.0. The Morgan fingerprint density at radius 2 is 1.78 bits per heavy atom. The van der Waals surface area contributed by atoms with Crippen LogP contribution in [0.25, 0.3) is 0 Å². The summed E-state index contributed by atoms with van der Waals surface area (Å²) in [5, 5.41) is 9.61. The molecule has 2 rings (SSSR count). The molecule has 1 unspecified atom stereocenters. The van der Waals surface area contributed by atoms with Gasteiger partial charge in [0.1, 0.15) is 5.82 Å². The van der Waals surface area contributed by atoms with E-state index in [-0.39, 0.29) is 0 Å². The van der Waals surface area contributed by atoms with Gasteiger partial charge in [-0.25, -0.2) is 9.97 Å². The van der Waals surface area contributed by atoms with E-state index in [2.05, 4.69) is 9.97 Å². The number of aromatic nitrogens is 2. The van der Waals surface area contributed by atoms with Gasteiger partial charge in [0.15, 0.2) is 0 Å². The maximum absolute atomic E-state index is 9.61. The minimum atomic E-state index is -0.476. The first kappa shape index (κ1) is 13.5. The summed E-state index contributed by atoms with van der Waals surface area (Å²) in [6, 6.07) is 0. The van der Waals surface area contributed by atoms with Crippen molar-refractivity contribution in [2.45, 2.75) is 70.8 Å². The van der Waals surface area contributed by atoms with Crippen molar-refractivity contribution in [2.75, 3.05) is 0 Å². The molecule has 1 aromatic rings. The van der Waals surface area contributed by atoms with E-state index in [4.69, 9.17) is 0 Å². The Labute approximate surface area is 110 Å². The molecule has 1 heterocycles. The van der Waals surface area contributed by atoms with E-state index in [1.54, 1.807) is 13.1 Å². The Balaban J connectivity index is 2.14. The van der Waals surface area contributed by atoms with Crippen LogP contribution >= 0.6 is 0 Å². The Kier molecular flexibility index (Phi) is 4.70. The fraction of sp³-hybridized carbons (Fsp3) is 0.733. The first-order valence-corrected chi connectivity index (χ1v) is 7.20. The van der Waals surface area contributed by atoms with Crippen molar-refractivity contribution in [2.24, 2.45) is 0 Å². The summed E-state index contributed by atoms with van der Waals surface area (Å²) in [6.45, 7) is 3.73. The molecule has 0 aliphatic heterocycles. The monoisotopic (exact) mass is 248 g/mol. The van der Waals surface area contributed by atoms with Crippen molar-refractivity contribution in [1.82, 2.24) is 9.97 Å². The van der Waals surface area contributed by atoms with Crippen LogP contribution in [0.3, 0.4) is 0 Å². The quantitative estimate of drug-likeness (QED) is 0.868. The summed E-state index contributed by atoms with van der Waals surface area (Å²) < 4.78 is 0. The smallest absolute Gasteiger partial charge is 0.131 e. The van der Waals surface area contributed by atoms with Gasteiger partial charge in [-0.3, -0.25) is 0 Å². The number of aryl methyl sites for hydroxylation is 1. The molecular formula is C15H24N2O. The first-order chi connectivity index (χ1) is 8.68. The minimum absolute atomic E-state index is 0.476. The average Bonchev–Trinajstić information content (AvgIpc) is 2.27. The van der Waals surface area contributed by atoms with E-state index in [9.17, 15) is 5.11 Å². The van der Waals surface area contributed by atoms with E-state index in [1.165, 1.54) is 44.9 Å². The molecule has 100 valence electrons. The fourth-order valence-electron chi connectivity index (χ4n) is 2.82. The highest BCUT2D eigenvalue weighted by Crippen LogP contribution is 2.29. The minimum Gasteiger partial charge on any atom is -0.389 e. The second kappa shape index (κ2) is 6.28. The first-order valence-electron chi connectivity index (χ1n) is 7.20. The molecule has 1 aliphatic carbocycles. The molecule has 0 amide bonds. The van der Waals surface area contributed by atoms with Crippen molar-refractivity contribution in [3.8, 4) is 0 Å². The average molecular weight is 248 g/mol. The maximum Gasteiger partial charge on any atom is 0.131 e. The van der Waals surface area contributed by atoms with Crippen LogP contribution in [0.15, 0.2) is 6.20 Å². The normalized spacial score (nSPS) is 20.2. The summed E-state index contributed by atoms with van der Waals surface area (Å²) in [5.41, 5.74) is 1.78. The van der Waals surface area contributed by atoms with Crippen LogP contribution in [0, 0.1) is 6.92 Å². The largest absolute Gasteiger partial charge is 0.389 e. The van der Waals surface area contributed by atoms with Crippen molar-refractivity contribution in [3.63, 3.8) is 0 Å². The lowest BCUT2D eigenvalue weighted by molar-refractivity contribution is 0.197. The lowest BCUT2D eigenvalue weighted by atomic mass is 9.90. The van der Waals surface area contributed by atoms with Crippen LogP contribution in [0.2, 0.25) is 0 Å². The summed E-state index contributed by atoms with van der Waals surface area (Å²) in [7, 11) is 0.